The monoisotopic (exact) mass is 415 g/mol. The number of nitrogens with two attached hydrogens (primary N) is 2. The Morgan fingerprint density at radius 2 is 1.55 bits per heavy atom. The minimum Gasteiger partial charge on any atom is -0.480 e. The van der Waals surface area contributed by atoms with Gasteiger partial charge in [-0.2, -0.15) is 0 Å². The Morgan fingerprint density at radius 1 is 0.966 bits per heavy atom. The van der Waals surface area contributed by atoms with Crippen molar-refractivity contribution in [2.24, 2.45) is 23.3 Å². The van der Waals surface area contributed by atoms with Crippen molar-refractivity contribution in [3.8, 4) is 0 Å². The molecule has 11 nitrogen and oxygen atoms in total. The van der Waals surface area contributed by atoms with E-state index in [1.165, 1.54) is 0 Å². The lowest BCUT2D eigenvalue weighted by molar-refractivity contribution is -0.143. The molecule has 0 radical (unpaired) electrons. The number of rotatable bonds is 13. The second-order valence-electron chi connectivity index (χ2n) is 7.65. The Kier molecular flexibility index (Phi) is 11.5. The van der Waals surface area contributed by atoms with Crippen molar-refractivity contribution in [2.75, 3.05) is 6.54 Å². The van der Waals surface area contributed by atoms with Crippen LogP contribution in [0.25, 0.3) is 0 Å². The average Bonchev–Trinajstić information content (AvgIpc) is 2.60. The van der Waals surface area contributed by atoms with Crippen molar-refractivity contribution in [2.45, 2.75) is 65.1 Å². The van der Waals surface area contributed by atoms with E-state index in [1.807, 2.05) is 13.8 Å². The van der Waals surface area contributed by atoms with Crippen LogP contribution < -0.4 is 27.4 Å². The number of carbonyl (C=O) groups is 5. The summed E-state index contributed by atoms with van der Waals surface area (Å²) in [7, 11) is 0. The van der Waals surface area contributed by atoms with Crippen molar-refractivity contribution >= 4 is 29.6 Å². The normalized spacial score (nSPS) is 14.0. The first-order valence-electron chi connectivity index (χ1n) is 9.49. The molecule has 0 saturated heterocycles. The van der Waals surface area contributed by atoms with Gasteiger partial charge in [0.05, 0.1) is 12.6 Å². The molecule has 0 saturated carbocycles. The molecule has 29 heavy (non-hydrogen) atoms. The van der Waals surface area contributed by atoms with Gasteiger partial charge in [0.25, 0.3) is 0 Å². The summed E-state index contributed by atoms with van der Waals surface area (Å²) in [5.41, 5.74) is 10.6. The second-order valence-corrected chi connectivity index (χ2v) is 7.65. The van der Waals surface area contributed by atoms with E-state index in [4.69, 9.17) is 11.5 Å². The number of aliphatic carboxylic acids is 1. The standard InChI is InChI=1S/C18H33N5O6/c1-9(2)7-12(17(27)23-15(10(3)4)18(28)29)22-14(25)8-21-16(26)11(19)5-6-13(20)24/h9-12,15H,5-8,19H2,1-4H3,(H2,20,24)(H,21,26)(H,22,25)(H,23,27)(H,28,29). The summed E-state index contributed by atoms with van der Waals surface area (Å²) in [6.45, 7) is 6.60. The molecule has 0 aliphatic heterocycles. The van der Waals surface area contributed by atoms with Gasteiger partial charge in [-0.15, -0.1) is 0 Å². The van der Waals surface area contributed by atoms with Gasteiger partial charge in [-0.3, -0.25) is 19.2 Å². The average molecular weight is 415 g/mol. The van der Waals surface area contributed by atoms with Gasteiger partial charge in [-0.05, 0) is 24.7 Å². The fourth-order valence-corrected chi connectivity index (χ4v) is 2.44. The molecular weight excluding hydrogens is 382 g/mol. The molecule has 8 N–H and O–H groups in total. The first-order chi connectivity index (χ1) is 13.3. The third kappa shape index (κ3) is 11.0. The molecule has 0 aliphatic carbocycles. The summed E-state index contributed by atoms with van der Waals surface area (Å²) in [5.74, 6) is -3.92. The highest BCUT2D eigenvalue weighted by Crippen LogP contribution is 2.08. The smallest absolute Gasteiger partial charge is 0.326 e. The Bertz CT molecular complexity index is 608. The molecule has 0 aromatic carbocycles. The topological polar surface area (TPSA) is 194 Å². The Hall–Kier alpha value is -2.69. The summed E-state index contributed by atoms with van der Waals surface area (Å²) in [6, 6.07) is -3.03. The summed E-state index contributed by atoms with van der Waals surface area (Å²) in [5, 5.41) is 16.5. The molecule has 0 aliphatic rings. The molecule has 3 atom stereocenters. The molecule has 0 bridgehead atoms. The van der Waals surface area contributed by atoms with Crippen LogP contribution in [0.15, 0.2) is 0 Å². The molecular formula is C18H33N5O6. The van der Waals surface area contributed by atoms with Crippen LogP contribution in [0.3, 0.4) is 0 Å². The molecule has 0 rings (SSSR count). The van der Waals surface area contributed by atoms with E-state index >= 15 is 0 Å². The van der Waals surface area contributed by atoms with Crippen molar-refractivity contribution in [3.05, 3.63) is 0 Å². The summed E-state index contributed by atoms with van der Waals surface area (Å²) < 4.78 is 0. The quantitative estimate of drug-likeness (QED) is 0.209. The van der Waals surface area contributed by atoms with Gasteiger partial charge in [-0.1, -0.05) is 27.7 Å². The molecule has 0 spiro atoms. The lowest BCUT2D eigenvalue weighted by Gasteiger charge is -2.24. The Morgan fingerprint density at radius 3 is 2.00 bits per heavy atom. The maximum atomic E-state index is 12.5. The van der Waals surface area contributed by atoms with E-state index in [0.717, 1.165) is 0 Å². The van der Waals surface area contributed by atoms with Gasteiger partial charge in [-0.25, -0.2) is 4.79 Å². The molecule has 3 unspecified atom stereocenters. The van der Waals surface area contributed by atoms with Crippen molar-refractivity contribution < 1.29 is 29.1 Å². The Labute approximate surface area is 170 Å². The SMILES string of the molecule is CC(C)CC(NC(=O)CNC(=O)C(N)CCC(N)=O)C(=O)NC(C(=O)O)C(C)C. The van der Waals surface area contributed by atoms with Gasteiger partial charge in [0.15, 0.2) is 0 Å². The van der Waals surface area contributed by atoms with Crippen molar-refractivity contribution in [1.82, 2.24) is 16.0 Å². The number of amides is 4. The van der Waals surface area contributed by atoms with E-state index in [-0.39, 0.29) is 31.1 Å². The first-order valence-corrected chi connectivity index (χ1v) is 9.49. The Balaban J connectivity index is 4.82. The van der Waals surface area contributed by atoms with Gasteiger partial charge < -0.3 is 32.5 Å². The molecule has 0 aromatic heterocycles. The minimum absolute atomic E-state index is 0.0465. The highest BCUT2D eigenvalue weighted by atomic mass is 16.4. The predicted molar refractivity (Wildman–Crippen MR) is 105 cm³/mol. The third-order valence-electron chi connectivity index (χ3n) is 4.05. The number of hydrogen-bond acceptors (Lipinski definition) is 6. The van der Waals surface area contributed by atoms with Crippen LogP contribution in [0, 0.1) is 11.8 Å². The van der Waals surface area contributed by atoms with E-state index in [2.05, 4.69) is 16.0 Å². The zero-order valence-corrected chi connectivity index (χ0v) is 17.4. The zero-order chi connectivity index (χ0) is 22.7. The molecule has 0 fully saturated rings. The number of carboxylic acids is 1. The number of primary amides is 1. The van der Waals surface area contributed by atoms with Crippen molar-refractivity contribution in [3.63, 3.8) is 0 Å². The van der Waals surface area contributed by atoms with E-state index < -0.39 is 54.3 Å². The van der Waals surface area contributed by atoms with Crippen LogP contribution >= 0.6 is 0 Å². The van der Waals surface area contributed by atoms with Gasteiger partial charge in [0.2, 0.25) is 23.6 Å². The van der Waals surface area contributed by atoms with Gasteiger partial charge in [0.1, 0.15) is 12.1 Å². The first kappa shape index (κ1) is 26.3. The van der Waals surface area contributed by atoms with Crippen LogP contribution in [0.1, 0.15) is 47.0 Å². The van der Waals surface area contributed by atoms with E-state index in [0.29, 0.717) is 0 Å². The van der Waals surface area contributed by atoms with Crippen LogP contribution in [-0.2, 0) is 24.0 Å². The molecule has 0 heterocycles. The maximum absolute atomic E-state index is 12.5. The number of nitrogens with one attached hydrogen (secondary N) is 3. The number of carboxylic acid groups (broad SMARTS) is 1. The van der Waals surface area contributed by atoms with Crippen LogP contribution in [0.5, 0.6) is 0 Å². The van der Waals surface area contributed by atoms with E-state index in [1.54, 1.807) is 13.8 Å². The molecule has 11 heteroatoms. The largest absolute Gasteiger partial charge is 0.480 e. The lowest BCUT2D eigenvalue weighted by Crippen LogP contribution is -2.55. The molecule has 166 valence electrons. The highest BCUT2D eigenvalue weighted by Gasteiger charge is 2.29. The van der Waals surface area contributed by atoms with Gasteiger partial charge >= 0.3 is 5.97 Å². The highest BCUT2D eigenvalue weighted by molar-refractivity contribution is 5.92. The van der Waals surface area contributed by atoms with E-state index in [9.17, 15) is 29.1 Å². The lowest BCUT2D eigenvalue weighted by atomic mass is 10.0. The number of carbonyl (C=O) groups excluding carboxylic acids is 4. The zero-order valence-electron chi connectivity index (χ0n) is 17.4. The third-order valence-corrected chi connectivity index (χ3v) is 4.05. The van der Waals surface area contributed by atoms with Crippen LogP contribution in [0.2, 0.25) is 0 Å². The minimum atomic E-state index is -1.17. The summed E-state index contributed by atoms with van der Waals surface area (Å²) >= 11 is 0. The molecule has 0 aromatic rings. The van der Waals surface area contributed by atoms with Crippen LogP contribution in [-0.4, -0.2) is 59.4 Å². The predicted octanol–water partition coefficient (Wildman–Crippen LogP) is -1.55. The number of hydrogen-bond donors (Lipinski definition) is 6. The van der Waals surface area contributed by atoms with Crippen molar-refractivity contribution in [1.29, 1.82) is 0 Å². The fourth-order valence-electron chi connectivity index (χ4n) is 2.44. The summed E-state index contributed by atoms with van der Waals surface area (Å²) in [6.07, 6.45) is 0.277. The van der Waals surface area contributed by atoms with Gasteiger partial charge in [0, 0.05) is 6.42 Å². The van der Waals surface area contributed by atoms with Crippen LogP contribution in [0.4, 0.5) is 0 Å². The maximum Gasteiger partial charge on any atom is 0.326 e. The fraction of sp³-hybridized carbons (Fsp3) is 0.722. The molecule has 4 amide bonds. The second kappa shape index (κ2) is 12.7. The summed E-state index contributed by atoms with van der Waals surface area (Å²) in [4.78, 5) is 58.5.